The second-order valence-electron chi connectivity index (χ2n) is 3.80. The first-order valence-electron chi connectivity index (χ1n) is 6.21. The maximum atomic E-state index is 11.9. The molecule has 96 valence electrons. The fourth-order valence-corrected chi connectivity index (χ4v) is 2.28. The monoisotopic (exact) mass is 248 g/mol. The second kappa shape index (κ2) is 10.1. The van der Waals surface area contributed by atoms with E-state index in [4.69, 9.17) is 9.05 Å². The molecule has 0 saturated carbocycles. The van der Waals surface area contributed by atoms with Crippen molar-refractivity contribution in [1.82, 2.24) is 0 Å². The number of hydrogen-bond donors (Lipinski definition) is 0. The zero-order valence-corrected chi connectivity index (χ0v) is 11.5. The van der Waals surface area contributed by atoms with Gasteiger partial charge >= 0.3 is 7.60 Å². The second-order valence-corrected chi connectivity index (χ2v) is 5.76. The summed E-state index contributed by atoms with van der Waals surface area (Å²) in [5, 5.41) is 0. The summed E-state index contributed by atoms with van der Waals surface area (Å²) in [5.41, 5.74) is 0. The molecule has 0 amide bonds. The van der Waals surface area contributed by atoms with Gasteiger partial charge in [0.2, 0.25) is 0 Å². The SMILES string of the molecule is C=CP(=O)(OCCCCC)OCCCCC. The third-order valence-electron chi connectivity index (χ3n) is 2.26. The van der Waals surface area contributed by atoms with Crippen LogP contribution in [-0.2, 0) is 13.6 Å². The van der Waals surface area contributed by atoms with E-state index >= 15 is 0 Å². The van der Waals surface area contributed by atoms with Crippen LogP contribution in [0.1, 0.15) is 52.4 Å². The molecule has 0 N–H and O–H groups in total. The summed E-state index contributed by atoms with van der Waals surface area (Å²) in [6.07, 6.45) is 6.28. The van der Waals surface area contributed by atoms with Crippen molar-refractivity contribution in [2.24, 2.45) is 0 Å². The van der Waals surface area contributed by atoms with Crippen LogP contribution in [-0.4, -0.2) is 13.2 Å². The Balaban J connectivity index is 3.73. The molecule has 3 nitrogen and oxygen atoms in total. The number of rotatable bonds is 11. The van der Waals surface area contributed by atoms with Crippen molar-refractivity contribution < 1.29 is 13.6 Å². The van der Waals surface area contributed by atoms with Crippen molar-refractivity contribution in [2.45, 2.75) is 52.4 Å². The highest BCUT2D eigenvalue weighted by Crippen LogP contribution is 2.49. The third kappa shape index (κ3) is 8.09. The molecule has 0 atom stereocenters. The lowest BCUT2D eigenvalue weighted by Crippen LogP contribution is -1.97. The lowest BCUT2D eigenvalue weighted by Gasteiger charge is -2.14. The molecule has 0 heterocycles. The summed E-state index contributed by atoms with van der Waals surface area (Å²) in [5.74, 6) is 1.31. The van der Waals surface area contributed by atoms with E-state index in [1.807, 2.05) is 0 Å². The van der Waals surface area contributed by atoms with Gasteiger partial charge in [-0.3, -0.25) is 4.57 Å². The Kier molecular flexibility index (Phi) is 10.0. The Labute approximate surface area is 99.8 Å². The Morgan fingerprint density at radius 1 is 1.00 bits per heavy atom. The molecule has 0 saturated heterocycles. The molecule has 0 aliphatic heterocycles. The van der Waals surface area contributed by atoms with Gasteiger partial charge in [-0.25, -0.2) is 0 Å². The highest BCUT2D eigenvalue weighted by Gasteiger charge is 2.18. The molecular weight excluding hydrogens is 223 g/mol. The van der Waals surface area contributed by atoms with Crippen LogP contribution in [0, 0.1) is 0 Å². The van der Waals surface area contributed by atoms with Crippen LogP contribution in [0.3, 0.4) is 0 Å². The van der Waals surface area contributed by atoms with Crippen LogP contribution in [0.2, 0.25) is 0 Å². The summed E-state index contributed by atoms with van der Waals surface area (Å²) in [4.78, 5) is 0. The predicted octanol–water partition coefficient (Wildman–Crippen LogP) is 4.74. The first-order valence-corrected chi connectivity index (χ1v) is 7.82. The van der Waals surface area contributed by atoms with E-state index < -0.39 is 7.60 Å². The van der Waals surface area contributed by atoms with Crippen molar-refractivity contribution in [3.05, 3.63) is 12.4 Å². The fourth-order valence-electron chi connectivity index (χ4n) is 1.23. The Morgan fingerprint density at radius 3 is 1.75 bits per heavy atom. The molecule has 0 spiro atoms. The maximum Gasteiger partial charge on any atom is 0.353 e. The minimum Gasteiger partial charge on any atom is -0.306 e. The van der Waals surface area contributed by atoms with Crippen LogP contribution in [0.15, 0.2) is 12.4 Å². The average molecular weight is 248 g/mol. The van der Waals surface area contributed by atoms with Gasteiger partial charge in [0.25, 0.3) is 0 Å². The summed E-state index contributed by atoms with van der Waals surface area (Å²) < 4.78 is 22.5. The molecule has 0 aliphatic rings. The van der Waals surface area contributed by atoms with Gasteiger partial charge in [-0.1, -0.05) is 46.1 Å². The fraction of sp³-hybridized carbons (Fsp3) is 0.833. The van der Waals surface area contributed by atoms with Crippen LogP contribution in [0.5, 0.6) is 0 Å². The largest absolute Gasteiger partial charge is 0.353 e. The van der Waals surface area contributed by atoms with Crippen LogP contribution >= 0.6 is 7.60 Å². The van der Waals surface area contributed by atoms with Gasteiger partial charge in [0.15, 0.2) is 0 Å². The van der Waals surface area contributed by atoms with Gasteiger partial charge in [-0.2, -0.15) is 0 Å². The van der Waals surface area contributed by atoms with Crippen molar-refractivity contribution in [3.63, 3.8) is 0 Å². The zero-order chi connectivity index (χ0) is 12.3. The molecule has 0 aromatic heterocycles. The van der Waals surface area contributed by atoms with Crippen molar-refractivity contribution in [1.29, 1.82) is 0 Å². The minimum absolute atomic E-state index is 0.491. The van der Waals surface area contributed by atoms with Gasteiger partial charge in [-0.15, -0.1) is 0 Å². The summed E-state index contributed by atoms with van der Waals surface area (Å²) in [6, 6.07) is 0. The average Bonchev–Trinajstić information content (AvgIpc) is 2.31. The molecule has 4 heteroatoms. The van der Waals surface area contributed by atoms with Crippen LogP contribution in [0.4, 0.5) is 0 Å². The predicted molar refractivity (Wildman–Crippen MR) is 68.8 cm³/mol. The molecule has 0 aromatic carbocycles. The van der Waals surface area contributed by atoms with Crippen LogP contribution < -0.4 is 0 Å². The van der Waals surface area contributed by atoms with E-state index in [1.54, 1.807) is 0 Å². The van der Waals surface area contributed by atoms with E-state index in [2.05, 4.69) is 20.4 Å². The van der Waals surface area contributed by atoms with E-state index in [0.717, 1.165) is 38.5 Å². The quantitative estimate of drug-likeness (QED) is 0.391. The molecule has 0 aromatic rings. The van der Waals surface area contributed by atoms with Crippen molar-refractivity contribution >= 4 is 7.60 Å². The molecule has 0 fully saturated rings. The van der Waals surface area contributed by atoms with Gasteiger partial charge in [0.1, 0.15) is 0 Å². The topological polar surface area (TPSA) is 35.5 Å². The van der Waals surface area contributed by atoms with Gasteiger partial charge < -0.3 is 9.05 Å². The van der Waals surface area contributed by atoms with Gasteiger partial charge in [-0.05, 0) is 12.8 Å². The molecule has 0 bridgehead atoms. The molecular formula is C12H25O3P. The lowest BCUT2D eigenvalue weighted by atomic mass is 10.3. The Morgan fingerprint density at radius 2 is 1.44 bits per heavy atom. The van der Waals surface area contributed by atoms with Crippen molar-refractivity contribution in [3.8, 4) is 0 Å². The minimum atomic E-state index is -3.02. The van der Waals surface area contributed by atoms with Gasteiger partial charge in [0.05, 0.1) is 13.2 Å². The summed E-state index contributed by atoms with van der Waals surface area (Å²) in [7, 11) is -3.02. The summed E-state index contributed by atoms with van der Waals surface area (Å²) in [6.45, 7) is 8.74. The molecule has 16 heavy (non-hydrogen) atoms. The van der Waals surface area contributed by atoms with Crippen molar-refractivity contribution in [2.75, 3.05) is 13.2 Å². The standard InChI is InChI=1S/C12H25O3P/c1-4-7-9-11-14-16(13,6-3)15-12-10-8-5-2/h6H,3-5,7-12H2,1-2H3. The van der Waals surface area contributed by atoms with E-state index in [-0.39, 0.29) is 0 Å². The lowest BCUT2D eigenvalue weighted by molar-refractivity contribution is 0.206. The molecule has 0 radical (unpaired) electrons. The maximum absolute atomic E-state index is 11.9. The molecule has 0 aliphatic carbocycles. The Hall–Kier alpha value is -0.110. The zero-order valence-electron chi connectivity index (χ0n) is 10.6. The number of unbranched alkanes of at least 4 members (excludes halogenated alkanes) is 4. The first-order chi connectivity index (χ1) is 7.68. The Bertz CT molecular complexity index is 200. The van der Waals surface area contributed by atoms with E-state index in [9.17, 15) is 4.57 Å². The van der Waals surface area contributed by atoms with Gasteiger partial charge in [0, 0.05) is 5.82 Å². The molecule has 0 rings (SSSR count). The first kappa shape index (κ1) is 15.9. The van der Waals surface area contributed by atoms with Crippen LogP contribution in [0.25, 0.3) is 0 Å². The van der Waals surface area contributed by atoms with E-state index in [1.165, 1.54) is 5.82 Å². The summed E-state index contributed by atoms with van der Waals surface area (Å²) >= 11 is 0. The van der Waals surface area contributed by atoms with E-state index in [0.29, 0.717) is 13.2 Å². The highest BCUT2D eigenvalue weighted by molar-refractivity contribution is 7.57. The third-order valence-corrected chi connectivity index (χ3v) is 3.79. The smallest absolute Gasteiger partial charge is 0.306 e. The normalized spacial score (nSPS) is 11.6. The number of hydrogen-bond acceptors (Lipinski definition) is 3. The molecule has 0 unspecified atom stereocenters. The highest BCUT2D eigenvalue weighted by atomic mass is 31.2.